The number of pyridine rings is 1. The summed E-state index contributed by atoms with van der Waals surface area (Å²) in [6.07, 6.45) is 3.19. The number of rotatable bonds is 3. The third-order valence-electron chi connectivity index (χ3n) is 2.64. The molecule has 2 amide bonds. The van der Waals surface area contributed by atoms with E-state index in [0.29, 0.717) is 5.69 Å². The van der Waals surface area contributed by atoms with Crippen molar-refractivity contribution >= 4 is 11.7 Å². The molecule has 1 heterocycles. The van der Waals surface area contributed by atoms with Gasteiger partial charge >= 0.3 is 6.03 Å². The quantitative estimate of drug-likeness (QED) is 0.889. The Balaban J connectivity index is 1.93. The Morgan fingerprint density at radius 2 is 2.00 bits per heavy atom. The number of hydrogen-bond donors (Lipinski definition) is 2. The van der Waals surface area contributed by atoms with Crippen LogP contribution in [0, 0.1) is 5.82 Å². The lowest BCUT2D eigenvalue weighted by Crippen LogP contribution is -2.31. The summed E-state index contributed by atoms with van der Waals surface area (Å²) in [6, 6.07) is 8.96. The molecule has 0 fully saturated rings. The number of benzene rings is 1. The van der Waals surface area contributed by atoms with Crippen LogP contribution in [0.25, 0.3) is 0 Å². The Morgan fingerprint density at radius 1 is 1.26 bits per heavy atom. The van der Waals surface area contributed by atoms with Gasteiger partial charge in [0.15, 0.2) is 0 Å². The lowest BCUT2D eigenvalue weighted by molar-refractivity contribution is 0.249. The first-order valence-corrected chi connectivity index (χ1v) is 5.88. The molecule has 2 N–H and O–H groups in total. The number of aromatic nitrogens is 1. The zero-order valence-corrected chi connectivity index (χ0v) is 10.4. The van der Waals surface area contributed by atoms with Crippen LogP contribution in [0.5, 0.6) is 0 Å². The minimum Gasteiger partial charge on any atom is -0.331 e. The molecule has 0 bridgehead atoms. The maximum Gasteiger partial charge on any atom is 0.319 e. The Kier molecular flexibility index (Phi) is 4.07. The number of hydrogen-bond acceptors (Lipinski definition) is 2. The summed E-state index contributed by atoms with van der Waals surface area (Å²) in [5, 5.41) is 5.43. The van der Waals surface area contributed by atoms with Gasteiger partial charge in [0.05, 0.1) is 17.9 Å². The monoisotopic (exact) mass is 259 g/mol. The molecule has 0 spiro atoms. The molecule has 0 aliphatic carbocycles. The van der Waals surface area contributed by atoms with Gasteiger partial charge in [-0.15, -0.1) is 0 Å². The zero-order valence-electron chi connectivity index (χ0n) is 10.4. The van der Waals surface area contributed by atoms with Crippen molar-refractivity contribution in [3.05, 3.63) is 60.2 Å². The highest BCUT2D eigenvalue weighted by molar-refractivity contribution is 5.89. The molecule has 19 heavy (non-hydrogen) atoms. The van der Waals surface area contributed by atoms with Gasteiger partial charge in [0.1, 0.15) is 5.82 Å². The summed E-state index contributed by atoms with van der Waals surface area (Å²) in [7, 11) is 0. The minimum atomic E-state index is -0.329. The molecule has 0 radical (unpaired) electrons. The van der Waals surface area contributed by atoms with Crippen molar-refractivity contribution in [1.82, 2.24) is 10.3 Å². The maximum absolute atomic E-state index is 12.8. The zero-order chi connectivity index (χ0) is 13.7. The number of urea groups is 1. The van der Waals surface area contributed by atoms with Crippen LogP contribution in [-0.2, 0) is 0 Å². The van der Waals surface area contributed by atoms with E-state index >= 15 is 0 Å². The van der Waals surface area contributed by atoms with Crippen molar-refractivity contribution in [2.45, 2.75) is 13.0 Å². The fourth-order valence-electron chi connectivity index (χ4n) is 1.64. The second kappa shape index (κ2) is 5.95. The molecule has 98 valence electrons. The van der Waals surface area contributed by atoms with Crippen LogP contribution >= 0.6 is 0 Å². The largest absolute Gasteiger partial charge is 0.331 e. The molecule has 2 rings (SSSR count). The van der Waals surface area contributed by atoms with Gasteiger partial charge in [-0.25, -0.2) is 9.18 Å². The smallest absolute Gasteiger partial charge is 0.319 e. The maximum atomic E-state index is 12.8. The Labute approximate surface area is 110 Å². The summed E-state index contributed by atoms with van der Waals surface area (Å²) in [4.78, 5) is 15.6. The van der Waals surface area contributed by atoms with Crippen molar-refractivity contribution in [2.24, 2.45) is 0 Å². The van der Waals surface area contributed by atoms with E-state index in [1.54, 1.807) is 36.7 Å². The minimum absolute atomic E-state index is 0.211. The molecule has 0 saturated carbocycles. The fourth-order valence-corrected chi connectivity index (χ4v) is 1.64. The van der Waals surface area contributed by atoms with Crippen molar-refractivity contribution in [1.29, 1.82) is 0 Å². The van der Waals surface area contributed by atoms with Crippen molar-refractivity contribution in [3.8, 4) is 0 Å². The number of amides is 2. The number of nitrogens with zero attached hydrogens (tertiary/aromatic N) is 1. The first kappa shape index (κ1) is 13.0. The van der Waals surface area contributed by atoms with Gasteiger partial charge < -0.3 is 10.6 Å². The fraction of sp³-hybridized carbons (Fsp3) is 0.143. The van der Waals surface area contributed by atoms with E-state index in [1.807, 2.05) is 6.92 Å². The summed E-state index contributed by atoms with van der Waals surface area (Å²) >= 11 is 0. The first-order chi connectivity index (χ1) is 9.15. The van der Waals surface area contributed by atoms with Crippen LogP contribution in [0.4, 0.5) is 14.9 Å². The molecule has 2 aromatic rings. The SMILES string of the molecule is CC(NC(=O)Nc1cccnc1)c1ccc(F)cc1. The lowest BCUT2D eigenvalue weighted by atomic mass is 10.1. The van der Waals surface area contributed by atoms with E-state index in [0.717, 1.165) is 5.56 Å². The van der Waals surface area contributed by atoms with Crippen LogP contribution < -0.4 is 10.6 Å². The summed E-state index contributed by atoms with van der Waals surface area (Å²) in [5.74, 6) is -0.296. The average Bonchev–Trinajstić information content (AvgIpc) is 2.40. The van der Waals surface area contributed by atoms with Crippen molar-refractivity contribution in [2.75, 3.05) is 5.32 Å². The Bertz CT molecular complexity index is 542. The molecule has 1 aromatic heterocycles. The highest BCUT2D eigenvalue weighted by Crippen LogP contribution is 2.13. The van der Waals surface area contributed by atoms with Gasteiger partial charge in [0.25, 0.3) is 0 Å². The topological polar surface area (TPSA) is 54.0 Å². The second-order valence-electron chi connectivity index (χ2n) is 4.11. The van der Waals surface area contributed by atoms with Gasteiger partial charge in [-0.05, 0) is 36.8 Å². The molecule has 0 aliphatic rings. The molecule has 1 unspecified atom stereocenters. The number of halogens is 1. The van der Waals surface area contributed by atoms with Gasteiger partial charge in [-0.1, -0.05) is 12.1 Å². The Morgan fingerprint density at radius 3 is 2.63 bits per heavy atom. The number of carbonyl (C=O) groups is 1. The van der Waals surface area contributed by atoms with Crippen LogP contribution in [0.2, 0.25) is 0 Å². The normalized spacial score (nSPS) is 11.7. The molecule has 4 nitrogen and oxygen atoms in total. The van der Waals surface area contributed by atoms with Gasteiger partial charge in [-0.3, -0.25) is 4.98 Å². The third-order valence-corrected chi connectivity index (χ3v) is 2.64. The van der Waals surface area contributed by atoms with E-state index in [4.69, 9.17) is 0 Å². The van der Waals surface area contributed by atoms with Crippen molar-refractivity contribution < 1.29 is 9.18 Å². The summed E-state index contributed by atoms with van der Waals surface area (Å²) in [6.45, 7) is 1.83. The van der Waals surface area contributed by atoms with E-state index in [2.05, 4.69) is 15.6 Å². The first-order valence-electron chi connectivity index (χ1n) is 5.88. The standard InChI is InChI=1S/C14H14FN3O/c1-10(11-4-6-12(15)7-5-11)17-14(19)18-13-3-2-8-16-9-13/h2-10H,1H3,(H2,17,18,19). The third kappa shape index (κ3) is 3.77. The second-order valence-corrected chi connectivity index (χ2v) is 4.11. The molecule has 1 aromatic carbocycles. The van der Waals surface area contributed by atoms with Gasteiger partial charge in [0, 0.05) is 6.20 Å². The summed E-state index contributed by atoms with van der Waals surface area (Å²) < 4.78 is 12.8. The summed E-state index contributed by atoms with van der Waals surface area (Å²) in [5.41, 5.74) is 1.45. The van der Waals surface area contributed by atoms with Crippen LogP contribution in [0.3, 0.4) is 0 Å². The average molecular weight is 259 g/mol. The van der Waals surface area contributed by atoms with Crippen molar-refractivity contribution in [3.63, 3.8) is 0 Å². The highest BCUT2D eigenvalue weighted by Gasteiger charge is 2.09. The predicted octanol–water partition coefficient (Wildman–Crippen LogP) is 3.10. The number of nitrogens with one attached hydrogen (secondary N) is 2. The van der Waals surface area contributed by atoms with E-state index in [9.17, 15) is 9.18 Å². The van der Waals surface area contributed by atoms with Gasteiger partial charge in [0.2, 0.25) is 0 Å². The predicted molar refractivity (Wildman–Crippen MR) is 71.2 cm³/mol. The molecular weight excluding hydrogens is 245 g/mol. The molecular formula is C14H14FN3O. The Hall–Kier alpha value is -2.43. The molecule has 1 atom stereocenters. The van der Waals surface area contributed by atoms with Crippen LogP contribution in [-0.4, -0.2) is 11.0 Å². The van der Waals surface area contributed by atoms with E-state index in [-0.39, 0.29) is 17.9 Å². The van der Waals surface area contributed by atoms with Crippen LogP contribution in [0.15, 0.2) is 48.8 Å². The van der Waals surface area contributed by atoms with E-state index in [1.165, 1.54) is 12.1 Å². The van der Waals surface area contributed by atoms with Crippen LogP contribution in [0.1, 0.15) is 18.5 Å². The highest BCUT2D eigenvalue weighted by atomic mass is 19.1. The lowest BCUT2D eigenvalue weighted by Gasteiger charge is -2.14. The molecule has 0 aliphatic heterocycles. The number of anilines is 1. The number of carbonyl (C=O) groups excluding carboxylic acids is 1. The van der Waals surface area contributed by atoms with Gasteiger partial charge in [-0.2, -0.15) is 0 Å². The van der Waals surface area contributed by atoms with E-state index < -0.39 is 0 Å². The molecule has 0 saturated heterocycles. The molecule has 5 heteroatoms.